The molecule has 21 heavy (non-hydrogen) atoms. The van der Waals surface area contributed by atoms with Gasteiger partial charge in [0.05, 0.1) is 16.8 Å². The standard InChI is InChI=1S/C15H13N3O3/c1-10-7-12(8-11(2)15(10)19)9-16-17-13-3-5-14(6-4-13)18(20)21/h3-9H,1-2H3. The molecule has 6 heteroatoms. The van der Waals surface area contributed by atoms with Crippen molar-refractivity contribution < 1.29 is 9.72 Å². The van der Waals surface area contributed by atoms with E-state index in [0.717, 1.165) is 5.57 Å². The molecule has 0 aromatic heterocycles. The fourth-order valence-corrected chi connectivity index (χ4v) is 1.86. The van der Waals surface area contributed by atoms with Crippen LogP contribution in [0, 0.1) is 10.1 Å². The molecule has 0 atom stereocenters. The molecule has 0 saturated heterocycles. The molecule has 0 heterocycles. The number of carbonyl (C=O) groups is 1. The number of carbonyl (C=O) groups excluding carboxylic acids is 1. The van der Waals surface area contributed by atoms with Crippen molar-refractivity contribution in [3.63, 3.8) is 0 Å². The Bertz CT molecular complexity index is 686. The zero-order chi connectivity index (χ0) is 15.4. The monoisotopic (exact) mass is 283 g/mol. The van der Waals surface area contributed by atoms with Gasteiger partial charge in [0.1, 0.15) is 0 Å². The van der Waals surface area contributed by atoms with Gasteiger partial charge in [-0.05, 0) is 54.9 Å². The van der Waals surface area contributed by atoms with Gasteiger partial charge in [-0.1, -0.05) is 0 Å². The molecule has 0 fully saturated rings. The Balaban J connectivity index is 2.13. The molecule has 1 aromatic carbocycles. The number of nitro groups is 1. The van der Waals surface area contributed by atoms with E-state index in [4.69, 9.17) is 0 Å². The molecule has 0 N–H and O–H groups in total. The molecular formula is C15H13N3O3. The summed E-state index contributed by atoms with van der Waals surface area (Å²) < 4.78 is 0. The van der Waals surface area contributed by atoms with Gasteiger partial charge in [0.15, 0.2) is 5.78 Å². The van der Waals surface area contributed by atoms with Gasteiger partial charge in [-0.3, -0.25) is 14.9 Å². The van der Waals surface area contributed by atoms with Crippen molar-refractivity contribution in [1.29, 1.82) is 0 Å². The van der Waals surface area contributed by atoms with E-state index in [1.165, 1.54) is 24.3 Å². The SMILES string of the molecule is CC1=CC(=CN=Nc2ccc([N+](=O)[O-])cc2)C=C(C)C1=O. The van der Waals surface area contributed by atoms with E-state index in [9.17, 15) is 14.9 Å². The molecule has 1 aromatic rings. The van der Waals surface area contributed by atoms with E-state index in [0.29, 0.717) is 16.8 Å². The van der Waals surface area contributed by atoms with Crippen molar-refractivity contribution in [2.45, 2.75) is 13.8 Å². The number of azo groups is 1. The maximum atomic E-state index is 11.6. The highest BCUT2D eigenvalue weighted by atomic mass is 16.6. The highest BCUT2D eigenvalue weighted by molar-refractivity contribution is 6.09. The number of nitro benzene ring substituents is 1. The Kier molecular flexibility index (Phi) is 4.18. The summed E-state index contributed by atoms with van der Waals surface area (Å²) in [6.07, 6.45) is 5.02. The van der Waals surface area contributed by atoms with Crippen LogP contribution in [0.3, 0.4) is 0 Å². The van der Waals surface area contributed by atoms with E-state index in [-0.39, 0.29) is 11.5 Å². The number of nitrogens with zero attached hydrogens (tertiary/aromatic N) is 3. The van der Waals surface area contributed by atoms with Crippen LogP contribution in [0.4, 0.5) is 11.4 Å². The molecule has 1 aliphatic carbocycles. The second kappa shape index (κ2) is 6.04. The normalized spacial score (nSPS) is 15.0. The summed E-state index contributed by atoms with van der Waals surface area (Å²) in [5.74, 6) is 0.0273. The Morgan fingerprint density at radius 1 is 1.10 bits per heavy atom. The van der Waals surface area contributed by atoms with Crippen molar-refractivity contribution in [3.8, 4) is 0 Å². The molecule has 0 unspecified atom stereocenters. The number of non-ortho nitro benzene ring substituents is 1. The fourth-order valence-electron chi connectivity index (χ4n) is 1.86. The van der Waals surface area contributed by atoms with Gasteiger partial charge < -0.3 is 0 Å². The van der Waals surface area contributed by atoms with E-state index < -0.39 is 4.92 Å². The Labute approximate surface area is 121 Å². The molecule has 0 amide bonds. The van der Waals surface area contributed by atoms with Crippen molar-refractivity contribution in [2.24, 2.45) is 10.2 Å². The van der Waals surface area contributed by atoms with Crippen LogP contribution in [0.15, 0.2) is 69.6 Å². The fraction of sp³-hybridized carbons (Fsp3) is 0.133. The lowest BCUT2D eigenvalue weighted by Crippen LogP contribution is -2.05. The number of rotatable bonds is 3. The second-order valence-corrected chi connectivity index (χ2v) is 4.60. The zero-order valence-corrected chi connectivity index (χ0v) is 11.6. The Morgan fingerprint density at radius 3 is 2.19 bits per heavy atom. The van der Waals surface area contributed by atoms with E-state index >= 15 is 0 Å². The minimum Gasteiger partial charge on any atom is -0.289 e. The van der Waals surface area contributed by atoms with Crippen LogP contribution < -0.4 is 0 Å². The van der Waals surface area contributed by atoms with Crippen LogP contribution in [-0.2, 0) is 4.79 Å². The van der Waals surface area contributed by atoms with Gasteiger partial charge >= 0.3 is 0 Å². The van der Waals surface area contributed by atoms with Gasteiger partial charge in [-0.2, -0.15) is 10.2 Å². The first-order chi connectivity index (χ1) is 9.97. The average molecular weight is 283 g/mol. The van der Waals surface area contributed by atoms with Crippen LogP contribution in [-0.4, -0.2) is 10.7 Å². The smallest absolute Gasteiger partial charge is 0.269 e. The number of allylic oxidation sites excluding steroid dienone is 5. The predicted molar refractivity (Wildman–Crippen MR) is 78.2 cm³/mol. The lowest BCUT2D eigenvalue weighted by atomic mass is 9.96. The Hall–Kier alpha value is -2.89. The number of hydrogen-bond donors (Lipinski definition) is 0. The maximum Gasteiger partial charge on any atom is 0.269 e. The van der Waals surface area contributed by atoms with Gasteiger partial charge in [-0.15, -0.1) is 0 Å². The molecule has 1 aliphatic rings. The topological polar surface area (TPSA) is 84.9 Å². The first-order valence-electron chi connectivity index (χ1n) is 6.24. The average Bonchev–Trinajstić information content (AvgIpc) is 2.45. The highest BCUT2D eigenvalue weighted by Gasteiger charge is 2.12. The largest absolute Gasteiger partial charge is 0.289 e. The summed E-state index contributed by atoms with van der Waals surface area (Å²) in [5, 5.41) is 18.4. The molecule has 0 aliphatic heterocycles. The first-order valence-corrected chi connectivity index (χ1v) is 6.24. The molecule has 0 bridgehead atoms. The number of Topliss-reactive ketones (excluding diaryl/α,β-unsaturated/α-hetero) is 1. The quantitative estimate of drug-likeness (QED) is 0.476. The van der Waals surface area contributed by atoms with E-state index in [2.05, 4.69) is 10.2 Å². The minimum atomic E-state index is -0.469. The van der Waals surface area contributed by atoms with Crippen molar-refractivity contribution in [3.05, 3.63) is 69.5 Å². The summed E-state index contributed by atoms with van der Waals surface area (Å²) in [4.78, 5) is 21.6. The lowest BCUT2D eigenvalue weighted by molar-refractivity contribution is -0.384. The van der Waals surface area contributed by atoms with Gasteiger partial charge in [0.25, 0.3) is 5.69 Å². The summed E-state index contributed by atoms with van der Waals surface area (Å²) in [6.45, 7) is 3.50. The molecule has 0 saturated carbocycles. The van der Waals surface area contributed by atoms with Crippen LogP contribution in [0.25, 0.3) is 0 Å². The van der Waals surface area contributed by atoms with Crippen LogP contribution in [0.5, 0.6) is 0 Å². The zero-order valence-electron chi connectivity index (χ0n) is 11.6. The molecule has 6 nitrogen and oxygen atoms in total. The number of hydrogen-bond acceptors (Lipinski definition) is 5. The lowest BCUT2D eigenvalue weighted by Gasteiger charge is -2.07. The van der Waals surface area contributed by atoms with E-state index in [1.807, 2.05) is 0 Å². The highest BCUT2D eigenvalue weighted by Crippen LogP contribution is 2.20. The Morgan fingerprint density at radius 2 is 1.67 bits per heavy atom. The molecule has 0 spiro atoms. The third-order valence-electron chi connectivity index (χ3n) is 2.92. The van der Waals surface area contributed by atoms with Crippen molar-refractivity contribution in [1.82, 2.24) is 0 Å². The molecular weight excluding hydrogens is 270 g/mol. The van der Waals surface area contributed by atoms with Crippen molar-refractivity contribution in [2.75, 3.05) is 0 Å². The van der Waals surface area contributed by atoms with Gasteiger partial charge in [0, 0.05) is 12.1 Å². The van der Waals surface area contributed by atoms with Crippen LogP contribution in [0.2, 0.25) is 0 Å². The summed E-state index contributed by atoms with van der Waals surface area (Å²) in [7, 11) is 0. The number of ketones is 1. The maximum absolute atomic E-state index is 11.6. The van der Waals surface area contributed by atoms with Gasteiger partial charge in [-0.25, -0.2) is 0 Å². The van der Waals surface area contributed by atoms with Crippen LogP contribution >= 0.6 is 0 Å². The molecule has 106 valence electrons. The summed E-state index contributed by atoms with van der Waals surface area (Å²) in [6, 6.07) is 5.78. The predicted octanol–water partition coefficient (Wildman–Crippen LogP) is 4.04. The third-order valence-corrected chi connectivity index (χ3v) is 2.92. The number of benzene rings is 1. The minimum absolute atomic E-state index is 0.00946. The molecule has 0 radical (unpaired) electrons. The summed E-state index contributed by atoms with van der Waals surface area (Å²) >= 11 is 0. The third kappa shape index (κ3) is 3.56. The second-order valence-electron chi connectivity index (χ2n) is 4.60. The first kappa shape index (κ1) is 14.5. The van der Waals surface area contributed by atoms with E-state index in [1.54, 1.807) is 32.2 Å². The molecule has 2 rings (SSSR count). The van der Waals surface area contributed by atoms with Crippen LogP contribution in [0.1, 0.15) is 13.8 Å². The summed E-state index contributed by atoms with van der Waals surface area (Å²) in [5.41, 5.74) is 2.63. The van der Waals surface area contributed by atoms with Gasteiger partial charge in [0.2, 0.25) is 0 Å². The van der Waals surface area contributed by atoms with Crippen molar-refractivity contribution >= 4 is 17.2 Å².